The van der Waals surface area contributed by atoms with Gasteiger partial charge in [0.15, 0.2) is 5.82 Å². The van der Waals surface area contributed by atoms with Crippen LogP contribution in [-0.2, 0) is 24.2 Å². The van der Waals surface area contributed by atoms with E-state index in [1.54, 1.807) is 31.2 Å². The maximum absolute atomic E-state index is 12.9. The molecule has 1 N–H and O–H groups in total. The number of methoxy groups -OCH3 is 1. The average Bonchev–Trinajstić information content (AvgIpc) is 3.25. The summed E-state index contributed by atoms with van der Waals surface area (Å²) in [7, 11) is 1.19. The van der Waals surface area contributed by atoms with Crippen molar-refractivity contribution in [1.82, 2.24) is 20.6 Å². The summed E-state index contributed by atoms with van der Waals surface area (Å²) in [5, 5.41) is 17.2. The van der Waals surface area contributed by atoms with Gasteiger partial charge < -0.3 is 14.3 Å². The second-order valence-corrected chi connectivity index (χ2v) is 6.14. The number of H-pyrrole nitrogens is 1. The van der Waals surface area contributed by atoms with Gasteiger partial charge in [-0.2, -0.15) is 13.2 Å². The first-order valence-electron chi connectivity index (χ1n) is 8.73. The molecule has 0 radical (unpaired) electrons. The molecule has 0 amide bonds. The van der Waals surface area contributed by atoms with Crippen LogP contribution in [-0.4, -0.2) is 33.4 Å². The summed E-state index contributed by atoms with van der Waals surface area (Å²) in [4.78, 5) is 5.28. The van der Waals surface area contributed by atoms with Crippen LogP contribution in [0.15, 0.2) is 47.6 Å². The van der Waals surface area contributed by atoms with Crippen LogP contribution < -0.4 is 9.47 Å². The summed E-state index contributed by atoms with van der Waals surface area (Å²) in [5.41, 5.74) is 1.06. The predicted octanol–water partition coefficient (Wildman–Crippen LogP) is 3.75. The number of nitrogens with one attached hydrogen (secondary N) is 1. The molecule has 0 fully saturated rings. The Morgan fingerprint density at radius 3 is 2.50 bits per heavy atom. The summed E-state index contributed by atoms with van der Waals surface area (Å²) in [6, 6.07) is 10.7. The van der Waals surface area contributed by atoms with Crippen molar-refractivity contribution >= 4 is 5.71 Å². The van der Waals surface area contributed by atoms with Gasteiger partial charge in [-0.25, -0.2) is 5.10 Å². The van der Waals surface area contributed by atoms with E-state index in [9.17, 15) is 13.2 Å². The van der Waals surface area contributed by atoms with Crippen molar-refractivity contribution in [1.29, 1.82) is 0 Å². The Hall–Kier alpha value is -3.63. The molecule has 0 bridgehead atoms. The average molecular weight is 421 g/mol. The minimum atomic E-state index is -4.49. The third kappa shape index (κ3) is 5.46. The van der Waals surface area contributed by atoms with Crippen LogP contribution in [0.1, 0.15) is 29.4 Å². The van der Waals surface area contributed by atoms with Gasteiger partial charge in [0.05, 0.1) is 18.4 Å². The Morgan fingerprint density at radius 2 is 1.87 bits per heavy atom. The van der Waals surface area contributed by atoms with Crippen molar-refractivity contribution in [2.75, 3.05) is 7.11 Å². The van der Waals surface area contributed by atoms with Gasteiger partial charge in [-0.15, -0.1) is 5.10 Å². The number of alkyl halides is 3. The van der Waals surface area contributed by atoms with Crippen molar-refractivity contribution in [3.63, 3.8) is 0 Å². The lowest BCUT2D eigenvalue weighted by Gasteiger charge is -2.13. The molecule has 0 aliphatic rings. The number of aromatic nitrogens is 4. The van der Waals surface area contributed by atoms with Gasteiger partial charge in [-0.3, -0.25) is 0 Å². The zero-order chi connectivity index (χ0) is 21.6. The fraction of sp³-hybridized carbons (Fsp3) is 0.263. The first kappa shape index (κ1) is 21.1. The van der Waals surface area contributed by atoms with Gasteiger partial charge >= 0.3 is 6.18 Å². The summed E-state index contributed by atoms with van der Waals surface area (Å²) < 4.78 is 49.1. The van der Waals surface area contributed by atoms with E-state index in [-0.39, 0.29) is 19.0 Å². The normalized spacial score (nSPS) is 12.0. The Kier molecular flexibility index (Phi) is 6.50. The lowest BCUT2D eigenvalue weighted by atomic mass is 10.1. The topological polar surface area (TPSA) is 94.5 Å². The molecular weight excluding hydrogens is 403 g/mol. The molecule has 158 valence electrons. The van der Waals surface area contributed by atoms with E-state index in [1.165, 1.54) is 19.2 Å². The zero-order valence-corrected chi connectivity index (χ0v) is 16.1. The van der Waals surface area contributed by atoms with E-state index in [1.807, 2.05) is 0 Å². The number of hydrogen-bond acceptors (Lipinski definition) is 7. The van der Waals surface area contributed by atoms with Crippen LogP contribution in [0.25, 0.3) is 0 Å². The maximum Gasteiger partial charge on any atom is 0.419 e. The standard InChI is InChI=1S/C19H18F3N5O3/c1-12(14-4-6-15(7-5-14)29-11-18-23-26-27-24-18)25-30-10-13-3-8-16(19(20,21)22)17(9-13)28-2/h3-9H,10-11H2,1-2H3,(H,23,24,26,27). The minimum Gasteiger partial charge on any atom is -0.496 e. The maximum atomic E-state index is 12.9. The monoisotopic (exact) mass is 421 g/mol. The molecule has 30 heavy (non-hydrogen) atoms. The van der Waals surface area contributed by atoms with Crippen LogP contribution in [0.3, 0.4) is 0 Å². The van der Waals surface area contributed by atoms with Gasteiger partial charge in [0.2, 0.25) is 0 Å². The zero-order valence-electron chi connectivity index (χ0n) is 16.1. The largest absolute Gasteiger partial charge is 0.496 e. The van der Waals surface area contributed by atoms with E-state index in [0.29, 0.717) is 22.8 Å². The SMILES string of the molecule is COc1cc(CON=C(C)c2ccc(OCc3nnn[nH]3)cc2)ccc1C(F)(F)F. The highest BCUT2D eigenvalue weighted by atomic mass is 19.4. The molecule has 0 spiro atoms. The van der Waals surface area contributed by atoms with Gasteiger partial charge in [-0.05, 0) is 64.9 Å². The molecule has 0 atom stereocenters. The third-order valence-electron chi connectivity index (χ3n) is 4.04. The summed E-state index contributed by atoms with van der Waals surface area (Å²) in [6.07, 6.45) is -4.49. The molecule has 1 heterocycles. The van der Waals surface area contributed by atoms with Crippen LogP contribution >= 0.6 is 0 Å². The van der Waals surface area contributed by atoms with Crippen molar-refractivity contribution in [2.24, 2.45) is 5.16 Å². The number of ether oxygens (including phenoxy) is 2. The van der Waals surface area contributed by atoms with Gasteiger partial charge in [0, 0.05) is 0 Å². The highest BCUT2D eigenvalue weighted by Gasteiger charge is 2.34. The third-order valence-corrected chi connectivity index (χ3v) is 4.04. The van der Waals surface area contributed by atoms with Gasteiger partial charge in [0.25, 0.3) is 0 Å². The summed E-state index contributed by atoms with van der Waals surface area (Å²) in [5.74, 6) is 0.867. The van der Waals surface area contributed by atoms with Crippen LogP contribution in [0.2, 0.25) is 0 Å². The van der Waals surface area contributed by atoms with Crippen LogP contribution in [0.4, 0.5) is 13.2 Å². The number of aromatic amines is 1. The molecule has 0 aliphatic carbocycles. The molecule has 0 saturated heterocycles. The number of hydrogen-bond donors (Lipinski definition) is 1. The van der Waals surface area contributed by atoms with E-state index in [2.05, 4.69) is 25.8 Å². The quantitative estimate of drug-likeness (QED) is 0.440. The van der Waals surface area contributed by atoms with Gasteiger partial charge in [-0.1, -0.05) is 11.2 Å². The molecular formula is C19H18F3N5O3. The lowest BCUT2D eigenvalue weighted by Crippen LogP contribution is -2.08. The molecule has 1 aromatic heterocycles. The van der Waals surface area contributed by atoms with E-state index in [0.717, 1.165) is 11.6 Å². The van der Waals surface area contributed by atoms with Crippen LogP contribution in [0, 0.1) is 0 Å². The van der Waals surface area contributed by atoms with E-state index < -0.39 is 11.7 Å². The molecule has 0 saturated carbocycles. The minimum absolute atomic E-state index is 0.00174. The highest BCUT2D eigenvalue weighted by molar-refractivity contribution is 5.98. The Balaban J connectivity index is 1.57. The molecule has 0 unspecified atom stereocenters. The lowest BCUT2D eigenvalue weighted by molar-refractivity contribution is -0.138. The highest BCUT2D eigenvalue weighted by Crippen LogP contribution is 2.36. The predicted molar refractivity (Wildman–Crippen MR) is 99.9 cm³/mol. The number of nitrogens with zero attached hydrogens (tertiary/aromatic N) is 4. The van der Waals surface area contributed by atoms with Crippen molar-refractivity contribution in [3.05, 3.63) is 65.0 Å². The van der Waals surface area contributed by atoms with Crippen molar-refractivity contribution < 1.29 is 27.5 Å². The Morgan fingerprint density at radius 1 is 1.10 bits per heavy atom. The number of benzene rings is 2. The molecule has 2 aromatic carbocycles. The van der Waals surface area contributed by atoms with E-state index in [4.69, 9.17) is 14.3 Å². The van der Waals surface area contributed by atoms with E-state index >= 15 is 0 Å². The van der Waals surface area contributed by atoms with Gasteiger partial charge in [0.1, 0.15) is 24.7 Å². The number of halogens is 3. The fourth-order valence-electron chi connectivity index (χ4n) is 2.50. The second kappa shape index (κ2) is 9.25. The van der Waals surface area contributed by atoms with Crippen molar-refractivity contribution in [3.8, 4) is 11.5 Å². The molecule has 8 nitrogen and oxygen atoms in total. The Bertz CT molecular complexity index is 990. The van der Waals surface area contributed by atoms with Crippen molar-refractivity contribution in [2.45, 2.75) is 26.3 Å². The molecule has 11 heteroatoms. The summed E-state index contributed by atoms with van der Waals surface area (Å²) >= 11 is 0. The molecule has 3 rings (SSSR count). The summed E-state index contributed by atoms with van der Waals surface area (Å²) in [6.45, 7) is 1.96. The fourth-order valence-corrected chi connectivity index (χ4v) is 2.50. The molecule has 0 aliphatic heterocycles. The first-order chi connectivity index (χ1) is 14.4. The molecule has 3 aromatic rings. The number of rotatable bonds is 8. The Labute approximate surface area is 169 Å². The number of tetrazole rings is 1. The second-order valence-electron chi connectivity index (χ2n) is 6.14. The first-order valence-corrected chi connectivity index (χ1v) is 8.73. The van der Waals surface area contributed by atoms with Crippen LogP contribution in [0.5, 0.6) is 11.5 Å². The smallest absolute Gasteiger partial charge is 0.419 e. The number of oxime groups is 1.